The summed E-state index contributed by atoms with van der Waals surface area (Å²) in [4.78, 5) is 21.6. The second kappa shape index (κ2) is 4.40. The number of hydrogen-bond donors (Lipinski definition) is 1. The Kier molecular flexibility index (Phi) is 4.11. The lowest BCUT2D eigenvalue weighted by Gasteiger charge is -2.27. The van der Waals surface area contributed by atoms with Crippen molar-refractivity contribution < 1.29 is 14.7 Å². The highest BCUT2D eigenvalue weighted by Crippen LogP contribution is 2.30. The first-order valence-corrected chi connectivity index (χ1v) is 4.47. The maximum Gasteiger partial charge on any atom is 0.303 e. The van der Waals surface area contributed by atoms with Crippen LogP contribution in [0.5, 0.6) is 0 Å². The molecule has 0 aromatic rings. The van der Waals surface area contributed by atoms with E-state index in [0.29, 0.717) is 6.42 Å². The number of hydrogen-bond acceptors (Lipinski definition) is 2. The number of carboxylic acids is 1. The van der Waals surface area contributed by atoms with Gasteiger partial charge in [-0.1, -0.05) is 20.8 Å². The van der Waals surface area contributed by atoms with Crippen molar-refractivity contribution in [1.29, 1.82) is 0 Å². The smallest absolute Gasteiger partial charge is 0.303 e. The molecule has 0 aliphatic carbocycles. The zero-order valence-corrected chi connectivity index (χ0v) is 8.76. The van der Waals surface area contributed by atoms with E-state index in [0.717, 1.165) is 0 Å². The van der Waals surface area contributed by atoms with Crippen LogP contribution in [0.1, 0.15) is 40.5 Å². The minimum Gasteiger partial charge on any atom is -0.481 e. The van der Waals surface area contributed by atoms with E-state index in [1.807, 2.05) is 20.8 Å². The molecule has 0 aliphatic heterocycles. The van der Waals surface area contributed by atoms with Crippen molar-refractivity contribution in [2.75, 3.05) is 0 Å². The average molecular weight is 186 g/mol. The topological polar surface area (TPSA) is 54.4 Å². The van der Waals surface area contributed by atoms with Gasteiger partial charge < -0.3 is 5.11 Å². The molecule has 0 spiro atoms. The molecule has 0 aromatic carbocycles. The van der Waals surface area contributed by atoms with Crippen LogP contribution in [0.3, 0.4) is 0 Å². The van der Waals surface area contributed by atoms with E-state index in [9.17, 15) is 9.59 Å². The van der Waals surface area contributed by atoms with Crippen molar-refractivity contribution >= 4 is 11.8 Å². The molecule has 1 atom stereocenters. The van der Waals surface area contributed by atoms with E-state index in [2.05, 4.69) is 0 Å². The van der Waals surface area contributed by atoms with Crippen LogP contribution < -0.4 is 0 Å². The summed E-state index contributed by atoms with van der Waals surface area (Å²) >= 11 is 0. The van der Waals surface area contributed by atoms with Crippen molar-refractivity contribution in [3.8, 4) is 0 Å². The van der Waals surface area contributed by atoms with E-state index in [4.69, 9.17) is 5.11 Å². The molecule has 3 nitrogen and oxygen atoms in total. The molecular formula is C10H18O3. The van der Waals surface area contributed by atoms with E-state index in [-0.39, 0.29) is 23.5 Å². The number of aliphatic carboxylic acids is 1. The lowest BCUT2D eigenvalue weighted by atomic mass is 9.76. The van der Waals surface area contributed by atoms with Crippen molar-refractivity contribution in [2.24, 2.45) is 11.3 Å². The van der Waals surface area contributed by atoms with Crippen LogP contribution in [-0.2, 0) is 9.59 Å². The third kappa shape index (κ3) is 4.65. The van der Waals surface area contributed by atoms with E-state index < -0.39 is 5.97 Å². The summed E-state index contributed by atoms with van der Waals surface area (Å²) in [5.41, 5.74) is -0.138. The van der Waals surface area contributed by atoms with Gasteiger partial charge >= 0.3 is 5.97 Å². The second-order valence-corrected chi connectivity index (χ2v) is 4.46. The van der Waals surface area contributed by atoms with Gasteiger partial charge in [-0.15, -0.1) is 0 Å². The Bertz CT molecular complexity index is 201. The Balaban J connectivity index is 4.28. The van der Waals surface area contributed by atoms with Gasteiger partial charge in [-0.25, -0.2) is 0 Å². The molecule has 0 saturated carbocycles. The maximum atomic E-state index is 11.2. The number of carbonyl (C=O) groups excluding carboxylic acids is 1. The number of rotatable bonds is 4. The van der Waals surface area contributed by atoms with Gasteiger partial charge in [0, 0.05) is 12.3 Å². The molecule has 0 fully saturated rings. The molecule has 0 bridgehead atoms. The van der Waals surface area contributed by atoms with E-state index in [1.165, 1.54) is 6.92 Å². The first kappa shape index (κ1) is 12.1. The van der Waals surface area contributed by atoms with Crippen molar-refractivity contribution in [1.82, 2.24) is 0 Å². The fourth-order valence-electron chi connectivity index (χ4n) is 1.51. The van der Waals surface area contributed by atoms with Crippen LogP contribution >= 0.6 is 0 Å². The van der Waals surface area contributed by atoms with Crippen LogP contribution in [-0.4, -0.2) is 16.9 Å². The third-order valence-corrected chi connectivity index (χ3v) is 2.18. The van der Waals surface area contributed by atoms with Gasteiger partial charge in [-0.3, -0.25) is 9.59 Å². The highest BCUT2D eigenvalue weighted by molar-refractivity contribution is 5.79. The largest absolute Gasteiger partial charge is 0.481 e. The SMILES string of the molecule is CC(=O)C(CCC(=O)O)C(C)(C)C. The second-order valence-electron chi connectivity index (χ2n) is 4.46. The first-order chi connectivity index (χ1) is 5.75. The molecule has 0 aliphatic rings. The minimum absolute atomic E-state index is 0.0709. The molecule has 3 heteroatoms. The highest BCUT2D eigenvalue weighted by atomic mass is 16.4. The molecule has 0 aromatic heterocycles. The number of Topliss-reactive ketones (excluding diaryl/α,β-unsaturated/α-hetero) is 1. The van der Waals surface area contributed by atoms with E-state index in [1.54, 1.807) is 0 Å². The van der Waals surface area contributed by atoms with E-state index >= 15 is 0 Å². The minimum atomic E-state index is -0.837. The maximum absolute atomic E-state index is 11.2. The zero-order chi connectivity index (χ0) is 10.6. The molecule has 1 unspecified atom stereocenters. The highest BCUT2D eigenvalue weighted by Gasteiger charge is 2.28. The van der Waals surface area contributed by atoms with Gasteiger partial charge in [-0.05, 0) is 18.8 Å². The average Bonchev–Trinajstić information content (AvgIpc) is 1.81. The summed E-state index contributed by atoms with van der Waals surface area (Å²) in [7, 11) is 0. The van der Waals surface area contributed by atoms with Crippen LogP contribution in [0, 0.1) is 11.3 Å². The summed E-state index contributed by atoms with van der Waals surface area (Å²) in [5.74, 6) is -0.909. The summed E-state index contributed by atoms with van der Waals surface area (Å²) in [5, 5.41) is 8.50. The fraction of sp³-hybridized carbons (Fsp3) is 0.800. The summed E-state index contributed by atoms with van der Waals surface area (Å²) in [6.07, 6.45) is 0.510. The lowest BCUT2D eigenvalue weighted by molar-refractivity contribution is -0.137. The molecule has 0 radical (unpaired) electrons. The zero-order valence-electron chi connectivity index (χ0n) is 8.76. The number of ketones is 1. The number of carbonyl (C=O) groups is 2. The Morgan fingerprint density at radius 1 is 1.31 bits per heavy atom. The standard InChI is InChI=1S/C10H18O3/c1-7(11)8(10(2,3)4)5-6-9(12)13/h8H,5-6H2,1-4H3,(H,12,13). The first-order valence-electron chi connectivity index (χ1n) is 4.47. The monoisotopic (exact) mass is 186 g/mol. The molecular weight excluding hydrogens is 168 g/mol. The molecule has 0 amide bonds. The van der Waals surface area contributed by atoms with Crippen LogP contribution in [0.25, 0.3) is 0 Å². The molecule has 0 saturated heterocycles. The van der Waals surface area contributed by atoms with Crippen LogP contribution in [0.4, 0.5) is 0 Å². The van der Waals surface area contributed by atoms with Gasteiger partial charge in [0.25, 0.3) is 0 Å². The molecule has 13 heavy (non-hydrogen) atoms. The van der Waals surface area contributed by atoms with Crippen molar-refractivity contribution in [2.45, 2.75) is 40.5 Å². The van der Waals surface area contributed by atoms with Gasteiger partial charge in [0.15, 0.2) is 0 Å². The summed E-state index contributed by atoms with van der Waals surface area (Å²) < 4.78 is 0. The lowest BCUT2D eigenvalue weighted by Crippen LogP contribution is -2.27. The van der Waals surface area contributed by atoms with Gasteiger partial charge in [-0.2, -0.15) is 0 Å². The summed E-state index contributed by atoms with van der Waals surface area (Å²) in [6, 6.07) is 0. The Morgan fingerprint density at radius 3 is 2.00 bits per heavy atom. The van der Waals surface area contributed by atoms with Gasteiger partial charge in [0.2, 0.25) is 0 Å². The van der Waals surface area contributed by atoms with Crippen LogP contribution in [0.2, 0.25) is 0 Å². The van der Waals surface area contributed by atoms with Crippen molar-refractivity contribution in [3.05, 3.63) is 0 Å². The number of carboxylic acid groups (broad SMARTS) is 1. The Morgan fingerprint density at radius 2 is 1.77 bits per heavy atom. The van der Waals surface area contributed by atoms with Crippen LogP contribution in [0.15, 0.2) is 0 Å². The van der Waals surface area contributed by atoms with Crippen molar-refractivity contribution in [3.63, 3.8) is 0 Å². The Labute approximate surface area is 79.1 Å². The van der Waals surface area contributed by atoms with Gasteiger partial charge in [0.1, 0.15) is 5.78 Å². The molecule has 1 N–H and O–H groups in total. The third-order valence-electron chi connectivity index (χ3n) is 2.18. The van der Waals surface area contributed by atoms with Gasteiger partial charge in [0.05, 0.1) is 0 Å². The molecule has 76 valence electrons. The predicted octanol–water partition coefficient (Wildman–Crippen LogP) is 2.10. The predicted molar refractivity (Wildman–Crippen MR) is 50.5 cm³/mol. The summed E-state index contributed by atoms with van der Waals surface area (Å²) in [6.45, 7) is 7.40. The quantitative estimate of drug-likeness (QED) is 0.731. The normalized spacial score (nSPS) is 13.8. The Hall–Kier alpha value is -0.860. The molecule has 0 rings (SSSR count). The fourth-order valence-corrected chi connectivity index (χ4v) is 1.51. The molecule has 0 heterocycles.